The van der Waals surface area contributed by atoms with Crippen LogP contribution in [0.3, 0.4) is 0 Å². The number of hydrogen-bond acceptors (Lipinski definition) is 4. The van der Waals surface area contributed by atoms with Crippen LogP contribution in [0.4, 0.5) is 5.69 Å². The van der Waals surface area contributed by atoms with Crippen LogP contribution in [0, 0.1) is 10.1 Å². The molecular weight excluding hydrogens is 258 g/mol. The molecule has 100 valence electrons. The molecule has 0 saturated heterocycles. The number of carbonyl (C=O) groups excluding carboxylic acids is 1. The zero-order chi connectivity index (χ0) is 12.8. The number of carbonyl (C=O) groups is 1. The molecule has 1 aromatic carbocycles. The largest absolute Gasteiger partial charge is 0.341 e. The number of nitrogens with zero attached hydrogens (tertiary/aromatic N) is 2. The Morgan fingerprint density at radius 1 is 1.44 bits per heavy atom. The molecule has 0 aliphatic carbocycles. The van der Waals surface area contributed by atoms with Gasteiger partial charge in [0.25, 0.3) is 5.69 Å². The van der Waals surface area contributed by atoms with Crippen molar-refractivity contribution in [3.05, 3.63) is 39.9 Å². The van der Waals surface area contributed by atoms with E-state index in [0.717, 1.165) is 0 Å². The molecule has 18 heavy (non-hydrogen) atoms. The maximum Gasteiger partial charge on any atom is 0.274 e. The van der Waals surface area contributed by atoms with E-state index in [1.165, 1.54) is 11.0 Å². The molecular formula is C11H16ClN3O3. The SMILES string of the molecule is CN(Cc1ccccc1[N+](=O)[O-])C(=O)CCN.Cl. The van der Waals surface area contributed by atoms with Crippen molar-refractivity contribution < 1.29 is 9.72 Å². The number of halogens is 1. The first-order valence-corrected chi connectivity index (χ1v) is 5.22. The number of amides is 1. The second-order valence-electron chi connectivity index (χ2n) is 3.67. The third-order valence-corrected chi connectivity index (χ3v) is 2.38. The summed E-state index contributed by atoms with van der Waals surface area (Å²) < 4.78 is 0. The van der Waals surface area contributed by atoms with E-state index in [9.17, 15) is 14.9 Å². The first-order chi connectivity index (χ1) is 8.06. The molecule has 1 aromatic rings. The van der Waals surface area contributed by atoms with Crippen LogP contribution in [0.1, 0.15) is 12.0 Å². The van der Waals surface area contributed by atoms with Crippen molar-refractivity contribution in [1.82, 2.24) is 4.90 Å². The maximum absolute atomic E-state index is 11.5. The van der Waals surface area contributed by atoms with Gasteiger partial charge in [0.1, 0.15) is 0 Å². The van der Waals surface area contributed by atoms with Crippen molar-refractivity contribution in [1.29, 1.82) is 0 Å². The highest BCUT2D eigenvalue weighted by Gasteiger charge is 2.16. The summed E-state index contributed by atoms with van der Waals surface area (Å²) in [5.41, 5.74) is 5.83. The molecule has 7 heteroatoms. The van der Waals surface area contributed by atoms with Gasteiger partial charge in [0.2, 0.25) is 5.91 Å². The number of nitro groups is 1. The molecule has 0 saturated carbocycles. The van der Waals surface area contributed by atoms with Crippen LogP contribution in [-0.2, 0) is 11.3 Å². The second-order valence-corrected chi connectivity index (χ2v) is 3.67. The number of rotatable bonds is 5. The summed E-state index contributed by atoms with van der Waals surface area (Å²) in [5, 5.41) is 10.8. The molecule has 2 N–H and O–H groups in total. The van der Waals surface area contributed by atoms with Gasteiger partial charge in [-0.15, -0.1) is 12.4 Å². The lowest BCUT2D eigenvalue weighted by Gasteiger charge is -2.16. The van der Waals surface area contributed by atoms with Gasteiger partial charge in [-0.1, -0.05) is 18.2 Å². The normalized spacial score (nSPS) is 9.44. The molecule has 0 atom stereocenters. The van der Waals surface area contributed by atoms with Gasteiger partial charge in [-0.3, -0.25) is 14.9 Å². The molecule has 0 aromatic heterocycles. The number of benzene rings is 1. The quantitative estimate of drug-likeness (QED) is 0.647. The predicted octanol–water partition coefficient (Wildman–Crippen LogP) is 1.32. The van der Waals surface area contributed by atoms with Gasteiger partial charge in [-0.05, 0) is 0 Å². The van der Waals surface area contributed by atoms with Crippen molar-refractivity contribution in [3.8, 4) is 0 Å². The molecule has 0 heterocycles. The lowest BCUT2D eigenvalue weighted by atomic mass is 10.1. The summed E-state index contributed by atoms with van der Waals surface area (Å²) >= 11 is 0. The predicted molar refractivity (Wildman–Crippen MR) is 70.5 cm³/mol. The number of para-hydroxylation sites is 1. The summed E-state index contributed by atoms with van der Waals surface area (Å²) in [4.78, 5) is 23.3. The molecule has 6 nitrogen and oxygen atoms in total. The minimum absolute atomic E-state index is 0. The fourth-order valence-corrected chi connectivity index (χ4v) is 1.48. The molecule has 0 aliphatic heterocycles. The Labute approximate surface area is 111 Å². The van der Waals surface area contributed by atoms with E-state index in [1.807, 2.05) is 0 Å². The van der Waals surface area contributed by atoms with Gasteiger partial charge in [0.15, 0.2) is 0 Å². The highest BCUT2D eigenvalue weighted by atomic mass is 35.5. The van der Waals surface area contributed by atoms with Gasteiger partial charge < -0.3 is 10.6 Å². The number of hydrogen-bond donors (Lipinski definition) is 1. The van der Waals surface area contributed by atoms with Crippen LogP contribution < -0.4 is 5.73 Å². The average Bonchev–Trinajstić information content (AvgIpc) is 2.29. The lowest BCUT2D eigenvalue weighted by Crippen LogP contribution is -2.28. The van der Waals surface area contributed by atoms with Crippen LogP contribution in [0.5, 0.6) is 0 Å². The number of nitro benzene ring substituents is 1. The van der Waals surface area contributed by atoms with Crippen molar-refractivity contribution in [2.45, 2.75) is 13.0 Å². The van der Waals surface area contributed by atoms with E-state index >= 15 is 0 Å². The summed E-state index contributed by atoms with van der Waals surface area (Å²) in [6.45, 7) is 0.496. The van der Waals surface area contributed by atoms with E-state index in [1.54, 1.807) is 25.2 Å². The summed E-state index contributed by atoms with van der Waals surface area (Å²) in [7, 11) is 1.61. The first kappa shape index (κ1) is 16.3. The Kier molecular flexibility index (Phi) is 6.92. The number of nitrogens with two attached hydrogens (primary N) is 1. The van der Waals surface area contributed by atoms with Crippen LogP contribution in [0.25, 0.3) is 0 Å². The molecule has 1 rings (SSSR count). The topological polar surface area (TPSA) is 89.5 Å². The summed E-state index contributed by atoms with van der Waals surface area (Å²) in [5.74, 6) is -0.120. The molecule has 0 radical (unpaired) electrons. The van der Waals surface area contributed by atoms with Crippen molar-refractivity contribution in [2.24, 2.45) is 5.73 Å². The standard InChI is InChI=1S/C11H15N3O3.ClH/c1-13(11(15)6-7-12)8-9-4-2-3-5-10(9)14(16)17;/h2-5H,6-8,12H2,1H3;1H. The Hall–Kier alpha value is -1.66. The Balaban J connectivity index is 0.00000289. The van der Waals surface area contributed by atoms with Gasteiger partial charge in [0, 0.05) is 31.6 Å². The molecule has 0 fully saturated rings. The van der Waals surface area contributed by atoms with Gasteiger partial charge in [-0.2, -0.15) is 0 Å². The van der Waals surface area contributed by atoms with E-state index in [2.05, 4.69) is 0 Å². The van der Waals surface area contributed by atoms with Crippen molar-refractivity contribution >= 4 is 24.0 Å². The van der Waals surface area contributed by atoms with E-state index < -0.39 is 4.92 Å². The molecule has 1 amide bonds. The lowest BCUT2D eigenvalue weighted by molar-refractivity contribution is -0.385. The minimum atomic E-state index is -0.448. The second kappa shape index (κ2) is 7.62. The fraction of sp³-hybridized carbons (Fsp3) is 0.364. The minimum Gasteiger partial charge on any atom is -0.341 e. The molecule has 0 aliphatic rings. The van der Waals surface area contributed by atoms with Crippen LogP contribution in [-0.4, -0.2) is 29.3 Å². The molecule has 0 spiro atoms. The highest BCUT2D eigenvalue weighted by Crippen LogP contribution is 2.19. The van der Waals surface area contributed by atoms with Gasteiger partial charge in [-0.25, -0.2) is 0 Å². The zero-order valence-electron chi connectivity index (χ0n) is 10.0. The van der Waals surface area contributed by atoms with E-state index in [-0.39, 0.29) is 43.5 Å². The third-order valence-electron chi connectivity index (χ3n) is 2.38. The van der Waals surface area contributed by atoms with Crippen LogP contribution >= 0.6 is 12.4 Å². The van der Waals surface area contributed by atoms with Crippen LogP contribution in [0.2, 0.25) is 0 Å². The van der Waals surface area contributed by atoms with Gasteiger partial charge in [0.05, 0.1) is 11.5 Å². The monoisotopic (exact) mass is 273 g/mol. The Morgan fingerprint density at radius 2 is 2.06 bits per heavy atom. The molecule has 0 unspecified atom stereocenters. The Bertz CT molecular complexity index is 426. The summed E-state index contributed by atoms with van der Waals surface area (Å²) in [6.07, 6.45) is 0.247. The maximum atomic E-state index is 11.5. The van der Waals surface area contributed by atoms with E-state index in [0.29, 0.717) is 5.56 Å². The fourth-order valence-electron chi connectivity index (χ4n) is 1.48. The van der Waals surface area contributed by atoms with Crippen molar-refractivity contribution in [3.63, 3.8) is 0 Å². The average molecular weight is 274 g/mol. The van der Waals surface area contributed by atoms with Crippen LogP contribution in [0.15, 0.2) is 24.3 Å². The summed E-state index contributed by atoms with van der Waals surface area (Å²) in [6, 6.07) is 6.38. The third kappa shape index (κ3) is 4.31. The smallest absolute Gasteiger partial charge is 0.274 e. The van der Waals surface area contributed by atoms with E-state index in [4.69, 9.17) is 5.73 Å². The zero-order valence-corrected chi connectivity index (χ0v) is 10.9. The van der Waals surface area contributed by atoms with Crippen molar-refractivity contribution in [2.75, 3.05) is 13.6 Å². The van der Waals surface area contributed by atoms with Gasteiger partial charge >= 0.3 is 0 Å². The molecule has 0 bridgehead atoms. The Morgan fingerprint density at radius 3 is 2.61 bits per heavy atom. The first-order valence-electron chi connectivity index (χ1n) is 5.22. The highest BCUT2D eigenvalue weighted by molar-refractivity contribution is 5.85.